The summed E-state index contributed by atoms with van der Waals surface area (Å²) in [7, 11) is 5.93. The summed E-state index contributed by atoms with van der Waals surface area (Å²) >= 11 is 0. The van der Waals surface area contributed by atoms with Crippen LogP contribution in [0.1, 0.15) is 6.42 Å². The second-order valence-corrected chi connectivity index (χ2v) is 5.08. The standard InChI is InChI=1S/C14H14BN3O2/c1-17-5-6-18(2)14(17)15-12-9(7-16)3-4-10-11(12)8-20-13(10)19/h3,5-6,12H,4,8H2,1-2H3. The molecular weight excluding hydrogens is 253 g/mol. The van der Waals surface area contributed by atoms with E-state index >= 15 is 0 Å². The Bertz CT molecular complexity index is 674. The Morgan fingerprint density at radius 1 is 1.60 bits per heavy atom. The van der Waals surface area contributed by atoms with Gasteiger partial charge in [0.25, 0.3) is 0 Å². The minimum absolute atomic E-state index is 0.171. The molecule has 6 heteroatoms. The van der Waals surface area contributed by atoms with Crippen LogP contribution in [0.4, 0.5) is 0 Å². The highest BCUT2D eigenvalue weighted by atomic mass is 16.5. The van der Waals surface area contributed by atoms with Crippen LogP contribution in [0.5, 0.6) is 0 Å². The molecule has 2 radical (unpaired) electrons. The van der Waals surface area contributed by atoms with Gasteiger partial charge < -0.3 is 4.74 Å². The quantitative estimate of drug-likeness (QED) is 0.419. The Morgan fingerprint density at radius 3 is 3.05 bits per heavy atom. The highest BCUT2D eigenvalue weighted by molar-refractivity contribution is 6.54. The SMILES string of the molecule is Cn1cc[n+](C)c1[B-]C1C(C#N)=CCC2=C1COC2=O. The van der Waals surface area contributed by atoms with Crippen LogP contribution in [-0.2, 0) is 23.6 Å². The van der Waals surface area contributed by atoms with Crippen molar-refractivity contribution >= 4 is 19.0 Å². The van der Waals surface area contributed by atoms with E-state index in [2.05, 4.69) is 6.07 Å². The van der Waals surface area contributed by atoms with Crippen LogP contribution in [0.2, 0.25) is 5.82 Å². The number of cyclic esters (lactones) is 1. The molecule has 1 aliphatic heterocycles. The number of carbonyl (C=O) groups excluding carboxylic acids is 1. The molecule has 100 valence electrons. The molecule has 1 unspecified atom stereocenters. The zero-order chi connectivity index (χ0) is 14.3. The van der Waals surface area contributed by atoms with Gasteiger partial charge in [-0.3, -0.25) is 9.13 Å². The van der Waals surface area contributed by atoms with Gasteiger partial charge in [-0.25, -0.2) is 4.79 Å². The van der Waals surface area contributed by atoms with Gasteiger partial charge in [-0.15, -0.1) is 0 Å². The van der Waals surface area contributed by atoms with E-state index in [0.717, 1.165) is 11.3 Å². The van der Waals surface area contributed by atoms with E-state index in [1.165, 1.54) is 0 Å². The Kier molecular flexibility index (Phi) is 2.98. The lowest BCUT2D eigenvalue weighted by atomic mass is 9.55. The molecule has 0 N–H and O–H groups in total. The van der Waals surface area contributed by atoms with E-state index in [9.17, 15) is 10.1 Å². The van der Waals surface area contributed by atoms with Gasteiger partial charge in [-0.1, -0.05) is 11.6 Å². The van der Waals surface area contributed by atoms with E-state index in [4.69, 9.17) is 4.74 Å². The first-order chi connectivity index (χ1) is 9.61. The smallest absolute Gasteiger partial charge is 0.334 e. The Balaban J connectivity index is 1.99. The lowest BCUT2D eigenvalue weighted by Gasteiger charge is -2.30. The number of rotatable bonds is 2. The number of esters is 1. The molecule has 2 heterocycles. The number of ether oxygens (including phenoxy) is 1. The van der Waals surface area contributed by atoms with Gasteiger partial charge in [0.05, 0.1) is 20.2 Å². The van der Waals surface area contributed by atoms with E-state index in [1.807, 2.05) is 49.0 Å². The van der Waals surface area contributed by atoms with Crippen LogP contribution in [-0.4, -0.2) is 24.4 Å². The number of hydrogen-bond acceptors (Lipinski definition) is 3. The molecule has 0 bridgehead atoms. The molecule has 1 aromatic rings. The van der Waals surface area contributed by atoms with E-state index < -0.39 is 0 Å². The normalized spacial score (nSPS) is 21.4. The summed E-state index contributed by atoms with van der Waals surface area (Å²) in [6, 6.07) is 2.24. The summed E-state index contributed by atoms with van der Waals surface area (Å²) in [5, 5.41) is 9.31. The fourth-order valence-electron chi connectivity index (χ4n) is 2.76. The van der Waals surface area contributed by atoms with Gasteiger partial charge >= 0.3 is 5.97 Å². The summed E-state index contributed by atoms with van der Waals surface area (Å²) in [6.07, 6.45) is 6.24. The third-order valence-corrected chi connectivity index (χ3v) is 3.91. The van der Waals surface area contributed by atoms with Crippen LogP contribution >= 0.6 is 0 Å². The third kappa shape index (κ3) is 1.86. The summed E-state index contributed by atoms with van der Waals surface area (Å²) in [5.74, 6) is -0.419. The molecule has 2 aliphatic rings. The molecule has 0 amide bonds. The number of carbonyl (C=O) groups is 1. The molecule has 0 aromatic carbocycles. The molecule has 0 saturated carbocycles. The van der Waals surface area contributed by atoms with Crippen LogP contribution in [0.25, 0.3) is 0 Å². The largest absolute Gasteiger partial charge is 0.458 e. The fourth-order valence-corrected chi connectivity index (χ4v) is 2.76. The molecule has 0 saturated heterocycles. The molecule has 1 aliphatic carbocycles. The van der Waals surface area contributed by atoms with Crippen molar-refractivity contribution in [3.63, 3.8) is 0 Å². The first-order valence-electron chi connectivity index (χ1n) is 6.47. The Hall–Kier alpha value is -2.29. The van der Waals surface area contributed by atoms with Gasteiger partial charge in [0, 0.05) is 11.3 Å². The lowest BCUT2D eigenvalue weighted by molar-refractivity contribution is -0.653. The summed E-state index contributed by atoms with van der Waals surface area (Å²) in [5.41, 5.74) is 3.31. The summed E-state index contributed by atoms with van der Waals surface area (Å²) in [6.45, 7) is 0.294. The molecule has 3 rings (SSSR count). The second kappa shape index (κ2) is 4.67. The average Bonchev–Trinajstić information content (AvgIpc) is 2.97. The molecule has 1 atom stereocenters. The van der Waals surface area contributed by atoms with Gasteiger partial charge in [0.2, 0.25) is 0 Å². The maximum Gasteiger partial charge on any atom is 0.334 e. The van der Waals surface area contributed by atoms with Crippen molar-refractivity contribution in [3.05, 3.63) is 35.2 Å². The first-order valence-corrected chi connectivity index (χ1v) is 6.47. The molecule has 1 aromatic heterocycles. The predicted molar refractivity (Wildman–Crippen MR) is 72.0 cm³/mol. The van der Waals surface area contributed by atoms with E-state index in [0.29, 0.717) is 24.2 Å². The first kappa shape index (κ1) is 12.7. The minimum atomic E-state index is -0.247. The summed E-state index contributed by atoms with van der Waals surface area (Å²) in [4.78, 5) is 11.7. The molecule has 0 spiro atoms. The van der Waals surface area contributed by atoms with Crippen molar-refractivity contribution in [1.82, 2.24) is 4.57 Å². The number of aryl methyl sites for hydroxylation is 2. The highest BCUT2D eigenvalue weighted by Crippen LogP contribution is 2.38. The van der Waals surface area contributed by atoms with Gasteiger partial charge in [-0.2, -0.15) is 18.4 Å². The van der Waals surface area contributed by atoms with Crippen molar-refractivity contribution in [1.29, 1.82) is 5.26 Å². The average molecular weight is 267 g/mol. The molecule has 20 heavy (non-hydrogen) atoms. The topological polar surface area (TPSA) is 58.9 Å². The number of allylic oxidation sites excluding steroid dienone is 2. The van der Waals surface area contributed by atoms with Gasteiger partial charge in [0.1, 0.15) is 19.0 Å². The van der Waals surface area contributed by atoms with Crippen molar-refractivity contribution in [2.45, 2.75) is 12.2 Å². The number of nitrogens with zero attached hydrogens (tertiary/aromatic N) is 3. The molecule has 5 nitrogen and oxygen atoms in total. The maximum absolute atomic E-state index is 11.7. The van der Waals surface area contributed by atoms with Crippen molar-refractivity contribution in [2.75, 3.05) is 6.61 Å². The van der Waals surface area contributed by atoms with Crippen LogP contribution in [0, 0.1) is 11.3 Å². The maximum atomic E-state index is 11.7. The van der Waals surface area contributed by atoms with Crippen molar-refractivity contribution < 1.29 is 14.1 Å². The Labute approximate surface area is 118 Å². The molecule has 0 fully saturated rings. The Morgan fingerprint density at radius 2 is 2.40 bits per heavy atom. The van der Waals surface area contributed by atoms with Crippen LogP contribution < -0.4 is 10.3 Å². The van der Waals surface area contributed by atoms with Crippen molar-refractivity contribution in [3.8, 4) is 6.07 Å². The number of aromatic nitrogens is 2. The number of nitriles is 1. The van der Waals surface area contributed by atoms with Gasteiger partial charge in [0.15, 0.2) is 0 Å². The lowest BCUT2D eigenvalue weighted by Crippen LogP contribution is -2.51. The zero-order valence-corrected chi connectivity index (χ0v) is 11.5. The minimum Gasteiger partial charge on any atom is -0.458 e. The van der Waals surface area contributed by atoms with Gasteiger partial charge in [-0.05, 0) is 12.0 Å². The second-order valence-electron chi connectivity index (χ2n) is 5.08. The fraction of sp³-hybridized carbons (Fsp3) is 0.357. The summed E-state index contributed by atoms with van der Waals surface area (Å²) < 4.78 is 9.09. The predicted octanol–water partition coefficient (Wildman–Crippen LogP) is -0.325. The number of hydrogen-bond donors (Lipinski definition) is 0. The van der Waals surface area contributed by atoms with Crippen LogP contribution in [0.15, 0.2) is 35.2 Å². The highest BCUT2D eigenvalue weighted by Gasteiger charge is 2.30. The van der Waals surface area contributed by atoms with Crippen LogP contribution in [0.3, 0.4) is 0 Å². The monoisotopic (exact) mass is 267 g/mol. The third-order valence-electron chi connectivity index (χ3n) is 3.91. The van der Waals surface area contributed by atoms with E-state index in [-0.39, 0.29) is 11.8 Å². The van der Waals surface area contributed by atoms with Crippen molar-refractivity contribution in [2.24, 2.45) is 14.1 Å². The number of imidazole rings is 1. The zero-order valence-electron chi connectivity index (χ0n) is 11.5. The van der Waals surface area contributed by atoms with E-state index in [1.54, 1.807) is 0 Å². The molecular formula is C14H14BN3O2.